The third kappa shape index (κ3) is 3.41. The maximum atomic E-state index is 5.88. The zero-order chi connectivity index (χ0) is 17.2. The summed E-state index contributed by atoms with van der Waals surface area (Å²) in [6.07, 6.45) is 0. The van der Waals surface area contributed by atoms with Gasteiger partial charge in [0, 0.05) is 16.1 Å². The lowest BCUT2D eigenvalue weighted by atomic mass is 10.1. The molecule has 0 saturated heterocycles. The molecule has 0 spiro atoms. The Morgan fingerprint density at radius 1 is 0.960 bits per heavy atom. The van der Waals surface area contributed by atoms with Gasteiger partial charge in [-0.15, -0.1) is 10.2 Å². The van der Waals surface area contributed by atoms with Gasteiger partial charge in [-0.2, -0.15) is 9.78 Å². The van der Waals surface area contributed by atoms with Gasteiger partial charge >= 0.3 is 0 Å². The molecule has 0 atom stereocenters. The van der Waals surface area contributed by atoms with Crippen molar-refractivity contribution < 1.29 is 4.52 Å². The number of hydrogen-bond acceptors (Lipinski definition) is 6. The van der Waals surface area contributed by atoms with E-state index >= 15 is 0 Å². The number of hydrogen-bond donors (Lipinski definition) is 0. The third-order valence-corrected chi connectivity index (χ3v) is 3.86. The van der Waals surface area contributed by atoms with Crippen LogP contribution in [0.3, 0.4) is 0 Å². The molecule has 124 valence electrons. The molecule has 4 rings (SSSR count). The molecular weight excluding hydrogens is 340 g/mol. The number of aromatic nitrogens is 6. The highest BCUT2D eigenvalue weighted by Crippen LogP contribution is 2.19. The summed E-state index contributed by atoms with van der Waals surface area (Å²) in [5.41, 5.74) is 2.91. The first-order chi connectivity index (χ1) is 12.2. The maximum Gasteiger partial charge on any atom is 0.250 e. The van der Waals surface area contributed by atoms with Crippen LogP contribution in [-0.2, 0) is 6.54 Å². The molecule has 0 aliphatic heterocycles. The molecule has 0 unspecified atom stereocenters. The molecule has 25 heavy (non-hydrogen) atoms. The van der Waals surface area contributed by atoms with Crippen LogP contribution in [0.5, 0.6) is 0 Å². The fourth-order valence-electron chi connectivity index (χ4n) is 2.28. The molecule has 4 aromatic rings. The summed E-state index contributed by atoms with van der Waals surface area (Å²) in [6.45, 7) is 2.28. The third-order valence-electron chi connectivity index (χ3n) is 3.61. The lowest BCUT2D eigenvalue weighted by Gasteiger charge is -1.95. The standard InChI is InChI=1S/C17H13ClN6O/c1-11-2-4-13(5-3-11)17-20-23-24(21-17)10-15-19-16(22-25-15)12-6-8-14(18)9-7-12/h2-9H,10H2,1H3. The number of aryl methyl sites for hydroxylation is 1. The Morgan fingerprint density at radius 2 is 1.64 bits per heavy atom. The Hall–Kier alpha value is -3.06. The fourth-order valence-corrected chi connectivity index (χ4v) is 2.41. The zero-order valence-electron chi connectivity index (χ0n) is 13.3. The van der Waals surface area contributed by atoms with Crippen LogP contribution in [0.15, 0.2) is 53.1 Å². The number of halogens is 1. The monoisotopic (exact) mass is 352 g/mol. The SMILES string of the molecule is Cc1ccc(-c2nnn(Cc3nc(-c4ccc(Cl)cc4)no3)n2)cc1. The summed E-state index contributed by atoms with van der Waals surface area (Å²) < 4.78 is 5.26. The van der Waals surface area contributed by atoms with E-state index in [9.17, 15) is 0 Å². The lowest BCUT2D eigenvalue weighted by Crippen LogP contribution is -2.04. The molecule has 0 radical (unpaired) electrons. The molecule has 0 fully saturated rings. The van der Waals surface area contributed by atoms with Crippen molar-refractivity contribution in [3.63, 3.8) is 0 Å². The van der Waals surface area contributed by atoms with E-state index in [0.29, 0.717) is 22.6 Å². The molecule has 2 aromatic carbocycles. The average molecular weight is 353 g/mol. The van der Waals surface area contributed by atoms with E-state index in [4.69, 9.17) is 16.1 Å². The van der Waals surface area contributed by atoms with Crippen LogP contribution in [0.25, 0.3) is 22.8 Å². The highest BCUT2D eigenvalue weighted by molar-refractivity contribution is 6.30. The normalized spacial score (nSPS) is 11.0. The van der Waals surface area contributed by atoms with Crippen molar-refractivity contribution >= 4 is 11.6 Å². The van der Waals surface area contributed by atoms with Crippen molar-refractivity contribution in [2.75, 3.05) is 0 Å². The van der Waals surface area contributed by atoms with Crippen LogP contribution in [0.2, 0.25) is 5.02 Å². The number of benzene rings is 2. The first-order valence-corrected chi connectivity index (χ1v) is 7.98. The molecule has 0 aliphatic rings. The number of rotatable bonds is 4. The van der Waals surface area contributed by atoms with E-state index in [1.54, 1.807) is 12.1 Å². The summed E-state index contributed by atoms with van der Waals surface area (Å²) >= 11 is 5.88. The lowest BCUT2D eigenvalue weighted by molar-refractivity contribution is 0.356. The first kappa shape index (κ1) is 15.5. The minimum Gasteiger partial charge on any atom is -0.337 e. The van der Waals surface area contributed by atoms with Gasteiger partial charge in [0.2, 0.25) is 11.6 Å². The summed E-state index contributed by atoms with van der Waals surface area (Å²) in [5, 5.41) is 17.1. The summed E-state index contributed by atoms with van der Waals surface area (Å²) in [6, 6.07) is 15.2. The number of tetrazole rings is 1. The van der Waals surface area contributed by atoms with Crippen molar-refractivity contribution in [1.29, 1.82) is 0 Å². The smallest absolute Gasteiger partial charge is 0.250 e. The van der Waals surface area contributed by atoms with Crippen LogP contribution >= 0.6 is 11.6 Å². The van der Waals surface area contributed by atoms with Gasteiger partial charge in [-0.1, -0.05) is 46.6 Å². The molecule has 2 aromatic heterocycles. The Morgan fingerprint density at radius 3 is 2.40 bits per heavy atom. The van der Waals surface area contributed by atoms with Gasteiger partial charge in [0.05, 0.1) is 0 Å². The van der Waals surface area contributed by atoms with Crippen LogP contribution in [0.4, 0.5) is 0 Å². The highest BCUT2D eigenvalue weighted by Gasteiger charge is 2.12. The van der Waals surface area contributed by atoms with E-state index in [0.717, 1.165) is 11.1 Å². The van der Waals surface area contributed by atoms with Gasteiger partial charge in [0.15, 0.2) is 0 Å². The van der Waals surface area contributed by atoms with Crippen molar-refractivity contribution in [3.05, 3.63) is 65.0 Å². The van der Waals surface area contributed by atoms with Crippen LogP contribution in [-0.4, -0.2) is 30.3 Å². The van der Waals surface area contributed by atoms with Crippen LogP contribution in [0.1, 0.15) is 11.5 Å². The van der Waals surface area contributed by atoms with Crippen LogP contribution in [0, 0.1) is 6.92 Å². The van der Waals surface area contributed by atoms with Crippen molar-refractivity contribution in [2.45, 2.75) is 13.5 Å². The summed E-state index contributed by atoms with van der Waals surface area (Å²) in [4.78, 5) is 5.77. The summed E-state index contributed by atoms with van der Waals surface area (Å²) in [7, 11) is 0. The van der Waals surface area contributed by atoms with Gasteiger partial charge in [-0.25, -0.2) is 0 Å². The molecule has 0 saturated carbocycles. The van der Waals surface area contributed by atoms with Crippen molar-refractivity contribution in [2.24, 2.45) is 0 Å². The molecule has 2 heterocycles. The van der Waals surface area contributed by atoms with E-state index in [2.05, 4.69) is 25.6 Å². The predicted octanol–water partition coefficient (Wildman–Crippen LogP) is 3.40. The van der Waals surface area contributed by atoms with Gasteiger partial charge in [-0.3, -0.25) is 0 Å². The number of nitrogens with zero attached hydrogens (tertiary/aromatic N) is 6. The van der Waals surface area contributed by atoms with E-state index in [1.165, 1.54) is 10.4 Å². The second kappa shape index (κ2) is 6.45. The quantitative estimate of drug-likeness (QED) is 0.559. The molecule has 0 N–H and O–H groups in total. The molecule has 0 bridgehead atoms. The average Bonchev–Trinajstić information content (AvgIpc) is 3.27. The van der Waals surface area contributed by atoms with E-state index in [-0.39, 0.29) is 6.54 Å². The zero-order valence-corrected chi connectivity index (χ0v) is 14.1. The Bertz CT molecular complexity index is 909. The minimum atomic E-state index is 0.249. The van der Waals surface area contributed by atoms with Crippen LogP contribution < -0.4 is 0 Å². The molecule has 0 aliphatic carbocycles. The minimum absolute atomic E-state index is 0.249. The van der Waals surface area contributed by atoms with Gasteiger partial charge in [-0.05, 0) is 36.4 Å². The predicted molar refractivity (Wildman–Crippen MR) is 91.8 cm³/mol. The molecular formula is C17H13ClN6O. The fraction of sp³-hybridized carbons (Fsp3) is 0.118. The van der Waals surface area contributed by atoms with Crippen molar-refractivity contribution in [3.8, 4) is 22.8 Å². The Kier molecular flexibility index (Phi) is 3.99. The second-order valence-corrected chi connectivity index (χ2v) is 5.96. The van der Waals surface area contributed by atoms with Gasteiger partial charge in [0.25, 0.3) is 5.89 Å². The van der Waals surface area contributed by atoms with Crippen molar-refractivity contribution in [1.82, 2.24) is 30.3 Å². The molecule has 0 amide bonds. The Balaban J connectivity index is 1.51. The Labute approximate surface area is 148 Å². The van der Waals surface area contributed by atoms with Gasteiger partial charge < -0.3 is 4.52 Å². The first-order valence-electron chi connectivity index (χ1n) is 7.61. The topological polar surface area (TPSA) is 82.5 Å². The summed E-state index contributed by atoms with van der Waals surface area (Å²) in [5.74, 6) is 1.45. The van der Waals surface area contributed by atoms with E-state index in [1.807, 2.05) is 43.3 Å². The highest BCUT2D eigenvalue weighted by atomic mass is 35.5. The molecule has 7 nitrogen and oxygen atoms in total. The largest absolute Gasteiger partial charge is 0.337 e. The van der Waals surface area contributed by atoms with E-state index < -0.39 is 0 Å². The van der Waals surface area contributed by atoms with Gasteiger partial charge in [0.1, 0.15) is 6.54 Å². The second-order valence-electron chi connectivity index (χ2n) is 5.53. The molecule has 8 heteroatoms. The maximum absolute atomic E-state index is 5.88.